The predicted molar refractivity (Wildman–Crippen MR) is 61.8 cm³/mol. The van der Waals surface area contributed by atoms with Crippen molar-refractivity contribution in [2.45, 2.75) is 25.8 Å². The van der Waals surface area contributed by atoms with E-state index < -0.39 is 0 Å². The second-order valence-electron chi connectivity index (χ2n) is 3.74. The lowest BCUT2D eigenvalue weighted by Gasteiger charge is -2.29. The van der Waals surface area contributed by atoms with Crippen molar-refractivity contribution in [3.8, 4) is 0 Å². The first kappa shape index (κ1) is 11.8. The molecule has 1 aliphatic heterocycles. The van der Waals surface area contributed by atoms with Crippen molar-refractivity contribution in [2.24, 2.45) is 16.5 Å². The molecule has 6 heteroatoms. The molecule has 0 aromatic rings. The van der Waals surface area contributed by atoms with E-state index in [0.29, 0.717) is 0 Å². The van der Waals surface area contributed by atoms with Crippen molar-refractivity contribution in [1.82, 2.24) is 10.2 Å². The van der Waals surface area contributed by atoms with Crippen LogP contribution in [0.3, 0.4) is 0 Å². The number of aliphatic imine (C=N–C) groups is 1. The van der Waals surface area contributed by atoms with Gasteiger partial charge in [0.05, 0.1) is 6.04 Å². The normalized spacial score (nSPS) is 23.8. The van der Waals surface area contributed by atoms with Gasteiger partial charge in [0.1, 0.15) is 0 Å². The maximum absolute atomic E-state index is 7.01. The molecule has 0 saturated carbocycles. The summed E-state index contributed by atoms with van der Waals surface area (Å²) in [5.74, 6) is 0.0739. The van der Waals surface area contributed by atoms with Crippen molar-refractivity contribution in [3.63, 3.8) is 0 Å². The smallest absolute Gasteiger partial charge is 0.195 e. The van der Waals surface area contributed by atoms with E-state index in [2.05, 4.69) is 22.1 Å². The van der Waals surface area contributed by atoms with E-state index in [1.165, 1.54) is 0 Å². The van der Waals surface area contributed by atoms with Crippen molar-refractivity contribution >= 4 is 11.9 Å². The lowest BCUT2D eigenvalue weighted by molar-refractivity contribution is 0.220. The summed E-state index contributed by atoms with van der Waals surface area (Å²) in [5.41, 5.74) is 10.7. The molecule has 1 saturated heterocycles. The van der Waals surface area contributed by atoms with Crippen LogP contribution < -0.4 is 16.8 Å². The van der Waals surface area contributed by atoms with E-state index >= 15 is 0 Å². The molecule has 1 fully saturated rings. The molecule has 6 nitrogen and oxygen atoms in total. The number of guanidine groups is 2. The highest BCUT2D eigenvalue weighted by molar-refractivity contribution is 5.95. The molecule has 86 valence electrons. The van der Waals surface area contributed by atoms with Crippen LogP contribution in [0.2, 0.25) is 0 Å². The Kier molecular flexibility index (Phi) is 4.36. The number of likely N-dealkylation sites (N-methyl/N-ethyl adjacent to an activating group) is 1. The molecular formula is C9H20N6. The first-order valence-corrected chi connectivity index (χ1v) is 5.28. The molecule has 0 bridgehead atoms. The summed E-state index contributed by atoms with van der Waals surface area (Å²) in [6, 6.07) is 0.227. The first-order chi connectivity index (χ1) is 7.11. The number of nitrogens with one attached hydrogen (secondary N) is 2. The van der Waals surface area contributed by atoms with Gasteiger partial charge in [0.25, 0.3) is 0 Å². The third kappa shape index (κ3) is 4.16. The molecule has 1 unspecified atom stereocenters. The van der Waals surface area contributed by atoms with Crippen LogP contribution in [0.15, 0.2) is 4.99 Å². The molecule has 6 N–H and O–H groups in total. The van der Waals surface area contributed by atoms with Gasteiger partial charge >= 0.3 is 0 Å². The van der Waals surface area contributed by atoms with Gasteiger partial charge in [0.2, 0.25) is 0 Å². The van der Waals surface area contributed by atoms with Crippen LogP contribution >= 0.6 is 0 Å². The van der Waals surface area contributed by atoms with Gasteiger partial charge in [-0.05, 0) is 25.9 Å². The largest absolute Gasteiger partial charge is 0.370 e. The molecule has 1 heterocycles. The van der Waals surface area contributed by atoms with Crippen LogP contribution in [-0.4, -0.2) is 42.5 Å². The highest BCUT2D eigenvalue weighted by Crippen LogP contribution is 2.12. The summed E-state index contributed by atoms with van der Waals surface area (Å²) in [6.07, 6.45) is 2.20. The Morgan fingerprint density at radius 2 is 2.33 bits per heavy atom. The Bertz CT molecular complexity index is 249. The summed E-state index contributed by atoms with van der Waals surface area (Å²) in [7, 11) is 0. The fourth-order valence-corrected chi connectivity index (χ4v) is 1.79. The maximum Gasteiger partial charge on any atom is 0.195 e. The zero-order chi connectivity index (χ0) is 11.3. The minimum Gasteiger partial charge on any atom is -0.370 e. The molecule has 1 aliphatic rings. The summed E-state index contributed by atoms with van der Waals surface area (Å²) in [6.45, 7) is 5.27. The number of likely N-dealkylation sites (tertiary alicyclic amines) is 1. The number of hydrogen-bond acceptors (Lipinski definition) is 3. The zero-order valence-electron chi connectivity index (χ0n) is 9.16. The summed E-state index contributed by atoms with van der Waals surface area (Å²) in [5, 5.41) is 9.51. The minimum absolute atomic E-state index is 0.167. The van der Waals surface area contributed by atoms with Crippen LogP contribution in [-0.2, 0) is 0 Å². The van der Waals surface area contributed by atoms with E-state index in [9.17, 15) is 0 Å². The monoisotopic (exact) mass is 212 g/mol. The molecule has 0 amide bonds. The maximum atomic E-state index is 7.01. The predicted octanol–water partition coefficient (Wildman–Crippen LogP) is -0.732. The van der Waals surface area contributed by atoms with E-state index in [0.717, 1.165) is 32.5 Å². The summed E-state index contributed by atoms with van der Waals surface area (Å²) >= 11 is 0. The third-order valence-electron chi connectivity index (χ3n) is 2.51. The average Bonchev–Trinajstić information content (AvgIpc) is 2.16. The molecule has 0 spiro atoms. The Morgan fingerprint density at radius 3 is 2.93 bits per heavy atom. The molecule has 0 radical (unpaired) electrons. The lowest BCUT2D eigenvalue weighted by atomic mass is 10.1. The van der Waals surface area contributed by atoms with Gasteiger partial charge in [-0.2, -0.15) is 0 Å². The Morgan fingerprint density at radius 1 is 1.60 bits per heavy atom. The number of rotatable bonds is 2. The standard InChI is InChI=1S/C9H20N6/c1-2-15-5-3-4-7(6-15)13-9(12)14-8(10)11/h7H,2-6H2,1H3,(H6,10,11,12,13,14). The molecule has 1 rings (SSSR count). The van der Waals surface area contributed by atoms with Crippen LogP contribution in [0, 0.1) is 5.41 Å². The summed E-state index contributed by atoms with van der Waals surface area (Å²) in [4.78, 5) is 6.64. The van der Waals surface area contributed by atoms with Gasteiger partial charge in [-0.15, -0.1) is 0 Å². The average molecular weight is 212 g/mol. The highest BCUT2D eigenvalue weighted by atomic mass is 15.2. The molecule has 0 aromatic carbocycles. The third-order valence-corrected chi connectivity index (χ3v) is 2.51. The molecular weight excluding hydrogens is 192 g/mol. The Hall–Kier alpha value is -1.30. The van der Waals surface area contributed by atoms with E-state index in [1.807, 2.05) is 0 Å². The Balaban J connectivity index is 2.45. The second-order valence-corrected chi connectivity index (χ2v) is 3.74. The summed E-state index contributed by atoms with van der Waals surface area (Å²) < 4.78 is 0. The van der Waals surface area contributed by atoms with Crippen molar-refractivity contribution in [2.75, 3.05) is 19.6 Å². The first-order valence-electron chi connectivity index (χ1n) is 5.28. The van der Waals surface area contributed by atoms with Gasteiger partial charge in [-0.1, -0.05) is 6.92 Å². The number of hydrogen-bond donors (Lipinski definition) is 4. The molecule has 1 atom stereocenters. The van der Waals surface area contributed by atoms with Crippen molar-refractivity contribution in [1.29, 1.82) is 5.41 Å². The number of nitrogens with two attached hydrogens (primary N) is 2. The van der Waals surface area contributed by atoms with Gasteiger partial charge in [0.15, 0.2) is 11.9 Å². The number of piperidine rings is 1. The minimum atomic E-state index is -0.167. The van der Waals surface area contributed by atoms with Gasteiger partial charge in [-0.3, -0.25) is 10.7 Å². The van der Waals surface area contributed by atoms with Gasteiger partial charge < -0.3 is 16.4 Å². The SMILES string of the molecule is CCN1CCCC(N=C(N)NC(=N)N)C1. The van der Waals surface area contributed by atoms with Gasteiger partial charge in [-0.25, -0.2) is 4.99 Å². The fourth-order valence-electron chi connectivity index (χ4n) is 1.79. The molecule has 0 aromatic heterocycles. The van der Waals surface area contributed by atoms with Crippen LogP contribution in [0.25, 0.3) is 0 Å². The van der Waals surface area contributed by atoms with E-state index in [4.69, 9.17) is 16.9 Å². The fraction of sp³-hybridized carbons (Fsp3) is 0.778. The Labute approximate surface area is 90.2 Å². The molecule has 0 aliphatic carbocycles. The van der Waals surface area contributed by atoms with Crippen LogP contribution in [0.5, 0.6) is 0 Å². The van der Waals surface area contributed by atoms with Crippen LogP contribution in [0.4, 0.5) is 0 Å². The van der Waals surface area contributed by atoms with Gasteiger partial charge in [0, 0.05) is 6.54 Å². The van der Waals surface area contributed by atoms with Crippen molar-refractivity contribution < 1.29 is 0 Å². The highest BCUT2D eigenvalue weighted by Gasteiger charge is 2.17. The van der Waals surface area contributed by atoms with Crippen molar-refractivity contribution in [3.05, 3.63) is 0 Å². The molecule has 15 heavy (non-hydrogen) atoms. The second kappa shape index (κ2) is 5.55. The lowest BCUT2D eigenvalue weighted by Crippen LogP contribution is -2.43. The zero-order valence-corrected chi connectivity index (χ0v) is 9.16. The number of nitrogens with zero attached hydrogens (tertiary/aromatic N) is 2. The van der Waals surface area contributed by atoms with Crippen LogP contribution in [0.1, 0.15) is 19.8 Å². The quantitative estimate of drug-likeness (QED) is 0.358. The van der Waals surface area contributed by atoms with E-state index in [1.54, 1.807) is 0 Å². The van der Waals surface area contributed by atoms with E-state index in [-0.39, 0.29) is 18.0 Å². The topological polar surface area (TPSA) is 104 Å².